The van der Waals surface area contributed by atoms with E-state index in [2.05, 4.69) is 43.1 Å². The van der Waals surface area contributed by atoms with Gasteiger partial charge in [0.15, 0.2) is 0 Å². The second kappa shape index (κ2) is 10.4. The highest BCUT2D eigenvalue weighted by molar-refractivity contribution is 5.93. The minimum Gasteiger partial charge on any atom is -0.491 e. The summed E-state index contributed by atoms with van der Waals surface area (Å²) in [7, 11) is 1.37. The van der Waals surface area contributed by atoms with Gasteiger partial charge in [0.1, 0.15) is 24.7 Å². The maximum absolute atomic E-state index is 11.4. The van der Waals surface area contributed by atoms with Crippen LogP contribution in [0.3, 0.4) is 0 Å². The molecule has 0 aliphatic carbocycles. The van der Waals surface area contributed by atoms with Crippen molar-refractivity contribution in [1.29, 1.82) is 0 Å². The highest BCUT2D eigenvalue weighted by atomic mass is 16.5. The fourth-order valence-electron chi connectivity index (χ4n) is 3.41. The van der Waals surface area contributed by atoms with Crippen molar-refractivity contribution in [1.82, 2.24) is 16.1 Å². The number of hydrogen-bond acceptors (Lipinski definition) is 8. The van der Waals surface area contributed by atoms with Gasteiger partial charge >= 0.3 is 5.97 Å². The summed E-state index contributed by atoms with van der Waals surface area (Å²) in [6.45, 7) is 10.8. The predicted molar refractivity (Wildman–Crippen MR) is 126 cm³/mol. The number of esters is 1. The molecule has 2 aliphatic rings. The van der Waals surface area contributed by atoms with Gasteiger partial charge in [-0.3, -0.25) is 10.0 Å². The predicted octanol–water partition coefficient (Wildman–Crippen LogP) is 2.80. The zero-order valence-corrected chi connectivity index (χ0v) is 20.3. The van der Waals surface area contributed by atoms with Crippen molar-refractivity contribution in [3.05, 3.63) is 58.7 Å². The molecule has 0 saturated heterocycles. The SMILES string of the molecule is CC1(C)COc2cc(C(=O)NO)ccc2CN1.COC(=O)c1ccc2c(c1)OCC(C)(C)NC2. The zero-order valence-electron chi connectivity index (χ0n) is 20.3. The number of amides is 1. The molecule has 0 atom stereocenters. The number of hydrogen-bond donors (Lipinski definition) is 4. The summed E-state index contributed by atoms with van der Waals surface area (Å²) >= 11 is 0. The van der Waals surface area contributed by atoms with Crippen LogP contribution in [0.15, 0.2) is 36.4 Å². The maximum atomic E-state index is 11.4. The van der Waals surface area contributed by atoms with E-state index in [1.165, 1.54) is 7.11 Å². The van der Waals surface area contributed by atoms with Crippen LogP contribution in [0, 0.1) is 0 Å². The number of benzene rings is 2. The standard InChI is InChI=1S/C13H17NO3.C12H16N2O3/c1-13(2)8-17-11-6-9(12(15)16-3)4-5-10(11)7-14-13;1-12(2)7-17-10-5-8(11(15)14-16)3-4-9(10)6-13-12/h4-6,14H,7-8H2,1-3H3;3-5,13,16H,6-7H2,1-2H3,(H,14,15). The van der Waals surface area contributed by atoms with Gasteiger partial charge in [-0.1, -0.05) is 12.1 Å². The normalized spacial score (nSPS) is 17.6. The molecular weight excluding hydrogens is 438 g/mol. The Balaban J connectivity index is 0.000000191. The van der Waals surface area contributed by atoms with Crippen LogP contribution in [-0.4, -0.2) is 48.5 Å². The Morgan fingerprint density at radius 2 is 1.35 bits per heavy atom. The van der Waals surface area contributed by atoms with E-state index in [0.29, 0.717) is 36.6 Å². The van der Waals surface area contributed by atoms with Gasteiger partial charge in [-0.05, 0) is 52.0 Å². The molecule has 2 aromatic carbocycles. The molecule has 9 nitrogen and oxygen atoms in total. The molecule has 2 aromatic rings. The molecule has 0 radical (unpaired) electrons. The van der Waals surface area contributed by atoms with E-state index in [9.17, 15) is 9.59 Å². The van der Waals surface area contributed by atoms with E-state index in [4.69, 9.17) is 14.7 Å². The van der Waals surface area contributed by atoms with Crippen LogP contribution in [0.5, 0.6) is 11.5 Å². The second-order valence-corrected chi connectivity index (χ2v) is 9.63. The highest BCUT2D eigenvalue weighted by Crippen LogP contribution is 2.26. The first kappa shape index (κ1) is 25.5. The fourth-order valence-corrected chi connectivity index (χ4v) is 3.41. The summed E-state index contributed by atoms with van der Waals surface area (Å²) < 4.78 is 16.1. The monoisotopic (exact) mass is 471 g/mol. The molecule has 0 spiro atoms. The molecule has 9 heteroatoms. The number of fused-ring (bicyclic) bond motifs is 2. The average Bonchev–Trinajstić information content (AvgIpc) is 3.08. The molecule has 4 rings (SSSR count). The van der Waals surface area contributed by atoms with Crippen LogP contribution in [0.4, 0.5) is 0 Å². The van der Waals surface area contributed by atoms with Crippen LogP contribution in [0.25, 0.3) is 0 Å². The lowest BCUT2D eigenvalue weighted by Crippen LogP contribution is -2.42. The van der Waals surface area contributed by atoms with Crippen LogP contribution >= 0.6 is 0 Å². The van der Waals surface area contributed by atoms with Crippen molar-refractivity contribution in [3.8, 4) is 11.5 Å². The molecule has 1 amide bonds. The third kappa shape index (κ3) is 6.47. The number of rotatable bonds is 2. The molecule has 2 heterocycles. The Labute approximate surface area is 199 Å². The van der Waals surface area contributed by atoms with Crippen molar-refractivity contribution in [2.24, 2.45) is 0 Å². The molecule has 34 heavy (non-hydrogen) atoms. The first-order chi connectivity index (χ1) is 16.0. The topological polar surface area (TPSA) is 118 Å². The molecule has 0 unspecified atom stereocenters. The summed E-state index contributed by atoms with van der Waals surface area (Å²) in [5, 5.41) is 15.3. The molecule has 0 aromatic heterocycles. The first-order valence-corrected chi connectivity index (χ1v) is 11.1. The van der Waals surface area contributed by atoms with Gasteiger partial charge < -0.3 is 24.8 Å². The van der Waals surface area contributed by atoms with E-state index in [1.807, 2.05) is 12.1 Å². The van der Waals surface area contributed by atoms with Gasteiger partial charge in [0.25, 0.3) is 5.91 Å². The lowest BCUT2D eigenvalue weighted by atomic mass is 10.1. The summed E-state index contributed by atoms with van der Waals surface area (Å²) in [5.41, 5.74) is 4.41. The third-order valence-corrected chi connectivity index (χ3v) is 5.61. The van der Waals surface area contributed by atoms with Crippen LogP contribution in [-0.2, 0) is 17.8 Å². The number of methoxy groups -OCH3 is 1. The third-order valence-electron chi connectivity index (χ3n) is 5.61. The van der Waals surface area contributed by atoms with Crippen LogP contribution in [0.1, 0.15) is 59.5 Å². The number of ether oxygens (including phenoxy) is 3. The summed E-state index contributed by atoms with van der Waals surface area (Å²) in [6, 6.07) is 10.5. The molecule has 0 fully saturated rings. The lowest BCUT2D eigenvalue weighted by Gasteiger charge is -2.22. The Bertz CT molecular complexity index is 967. The highest BCUT2D eigenvalue weighted by Gasteiger charge is 2.24. The van der Waals surface area contributed by atoms with Crippen molar-refractivity contribution in [2.45, 2.75) is 51.9 Å². The summed E-state index contributed by atoms with van der Waals surface area (Å²) in [5.74, 6) is 0.566. The summed E-state index contributed by atoms with van der Waals surface area (Å²) in [6.07, 6.45) is 0. The smallest absolute Gasteiger partial charge is 0.337 e. The van der Waals surface area contributed by atoms with Crippen molar-refractivity contribution < 1.29 is 29.0 Å². The van der Waals surface area contributed by atoms with Crippen LogP contribution < -0.4 is 25.6 Å². The van der Waals surface area contributed by atoms with Crippen molar-refractivity contribution in [3.63, 3.8) is 0 Å². The largest absolute Gasteiger partial charge is 0.491 e. The van der Waals surface area contributed by atoms with Gasteiger partial charge in [-0.15, -0.1) is 0 Å². The minimum absolute atomic E-state index is 0.0650. The molecular formula is C25H33N3O6. The number of carbonyl (C=O) groups is 2. The fraction of sp³-hybridized carbons (Fsp3) is 0.440. The first-order valence-electron chi connectivity index (χ1n) is 11.1. The van der Waals surface area contributed by atoms with Gasteiger partial charge in [-0.25, -0.2) is 10.3 Å². The molecule has 4 N–H and O–H groups in total. The lowest BCUT2D eigenvalue weighted by molar-refractivity contribution is 0.0600. The van der Waals surface area contributed by atoms with Gasteiger partial charge in [0.2, 0.25) is 0 Å². The Morgan fingerprint density at radius 1 is 0.882 bits per heavy atom. The molecule has 2 aliphatic heterocycles. The Kier molecular flexibility index (Phi) is 7.81. The molecule has 184 valence electrons. The van der Waals surface area contributed by atoms with Gasteiger partial charge in [0, 0.05) is 40.9 Å². The Morgan fingerprint density at radius 3 is 1.82 bits per heavy atom. The van der Waals surface area contributed by atoms with Gasteiger partial charge in [-0.2, -0.15) is 0 Å². The van der Waals surface area contributed by atoms with E-state index >= 15 is 0 Å². The van der Waals surface area contributed by atoms with Crippen molar-refractivity contribution in [2.75, 3.05) is 20.3 Å². The quantitative estimate of drug-likeness (QED) is 0.300. The number of carbonyl (C=O) groups excluding carboxylic acids is 2. The second-order valence-electron chi connectivity index (χ2n) is 9.63. The van der Waals surface area contributed by atoms with E-state index in [0.717, 1.165) is 23.4 Å². The van der Waals surface area contributed by atoms with E-state index in [1.54, 1.807) is 29.7 Å². The number of nitrogens with one attached hydrogen (secondary N) is 3. The maximum Gasteiger partial charge on any atom is 0.337 e. The van der Waals surface area contributed by atoms with Crippen molar-refractivity contribution >= 4 is 11.9 Å². The van der Waals surface area contributed by atoms with E-state index < -0.39 is 5.91 Å². The summed E-state index contributed by atoms with van der Waals surface area (Å²) in [4.78, 5) is 22.7. The average molecular weight is 472 g/mol. The van der Waals surface area contributed by atoms with Crippen LogP contribution in [0.2, 0.25) is 0 Å². The van der Waals surface area contributed by atoms with E-state index in [-0.39, 0.29) is 17.0 Å². The Hall–Kier alpha value is -3.14. The zero-order chi connectivity index (χ0) is 24.9. The molecule has 0 bridgehead atoms. The number of hydroxylamine groups is 1. The van der Waals surface area contributed by atoms with Gasteiger partial charge in [0.05, 0.1) is 12.7 Å². The molecule has 0 saturated carbocycles. The minimum atomic E-state index is -0.534.